The van der Waals surface area contributed by atoms with Gasteiger partial charge >= 0.3 is 0 Å². The average Bonchev–Trinajstić information content (AvgIpc) is 3.87. The molecule has 0 bridgehead atoms. The summed E-state index contributed by atoms with van der Waals surface area (Å²) >= 11 is 0. The van der Waals surface area contributed by atoms with Crippen LogP contribution in [0.4, 0.5) is 17.1 Å². The number of para-hydroxylation sites is 1. The van der Waals surface area contributed by atoms with Gasteiger partial charge in [-0.05, 0) is 126 Å². The molecule has 65 heavy (non-hydrogen) atoms. The number of benzene rings is 11. The van der Waals surface area contributed by atoms with Crippen molar-refractivity contribution in [1.29, 1.82) is 0 Å². The Hall–Kier alpha value is -8.20. The Balaban J connectivity index is 0.924. The Morgan fingerprint density at radius 3 is 1.54 bits per heavy atom. The summed E-state index contributed by atoms with van der Waals surface area (Å²) in [6.07, 6.45) is 0. The van der Waals surface area contributed by atoms with Gasteiger partial charge in [-0.25, -0.2) is 0 Å². The van der Waals surface area contributed by atoms with Crippen LogP contribution in [0, 0.1) is 0 Å². The normalized spacial score (nSPS) is 12.9. The lowest BCUT2D eigenvalue weighted by Crippen LogP contribution is -2.14. The molecule has 1 heterocycles. The first kappa shape index (κ1) is 37.4. The molecular formula is C63H43NO. The minimum absolute atomic E-state index is 0.0551. The largest absolute Gasteiger partial charge is 0.455 e. The molecule has 0 spiro atoms. The molecule has 0 radical (unpaired) electrons. The second kappa shape index (κ2) is 14.4. The summed E-state index contributed by atoms with van der Waals surface area (Å²) in [6.45, 7) is 4.70. The average molecular weight is 830 g/mol. The molecule has 2 nitrogen and oxygen atoms in total. The number of anilines is 3. The predicted octanol–water partition coefficient (Wildman–Crippen LogP) is 17.8. The van der Waals surface area contributed by atoms with Gasteiger partial charge in [0.1, 0.15) is 11.2 Å². The molecule has 0 saturated carbocycles. The smallest absolute Gasteiger partial charge is 0.143 e. The lowest BCUT2D eigenvalue weighted by Gasteiger charge is -2.26. The number of hydrogen-bond donors (Lipinski definition) is 0. The molecule has 11 aromatic carbocycles. The van der Waals surface area contributed by atoms with Crippen LogP contribution in [0.2, 0.25) is 0 Å². The number of rotatable bonds is 6. The van der Waals surface area contributed by atoms with E-state index in [1.165, 1.54) is 71.4 Å². The van der Waals surface area contributed by atoms with Crippen LogP contribution in [0.5, 0.6) is 0 Å². The summed E-state index contributed by atoms with van der Waals surface area (Å²) in [5, 5.41) is 9.63. The van der Waals surface area contributed by atoms with E-state index in [0.717, 1.165) is 55.5 Å². The molecule has 2 heteroatoms. The highest BCUT2D eigenvalue weighted by atomic mass is 16.3. The van der Waals surface area contributed by atoms with E-state index in [2.05, 4.69) is 243 Å². The van der Waals surface area contributed by atoms with Gasteiger partial charge in [0.2, 0.25) is 0 Å². The molecular weight excluding hydrogens is 787 g/mol. The summed E-state index contributed by atoms with van der Waals surface area (Å²) in [5.41, 5.74) is 17.6. The van der Waals surface area contributed by atoms with Crippen LogP contribution in [0.25, 0.3) is 98.8 Å². The van der Waals surface area contributed by atoms with Crippen LogP contribution in [-0.4, -0.2) is 0 Å². The maximum absolute atomic E-state index is 6.76. The van der Waals surface area contributed by atoms with Gasteiger partial charge < -0.3 is 9.32 Å². The molecule has 13 rings (SSSR count). The van der Waals surface area contributed by atoms with Gasteiger partial charge in [-0.2, -0.15) is 0 Å². The van der Waals surface area contributed by atoms with Crippen molar-refractivity contribution in [3.05, 3.63) is 236 Å². The van der Waals surface area contributed by atoms with Gasteiger partial charge in [0, 0.05) is 44.2 Å². The van der Waals surface area contributed by atoms with Crippen LogP contribution in [-0.2, 0) is 5.41 Å². The van der Waals surface area contributed by atoms with Crippen molar-refractivity contribution in [3.63, 3.8) is 0 Å². The zero-order valence-corrected chi connectivity index (χ0v) is 36.2. The van der Waals surface area contributed by atoms with Gasteiger partial charge in [-0.3, -0.25) is 0 Å². The summed E-state index contributed by atoms with van der Waals surface area (Å²) in [5.74, 6) is 0. The van der Waals surface area contributed by atoms with Gasteiger partial charge in [0.15, 0.2) is 0 Å². The van der Waals surface area contributed by atoms with Crippen molar-refractivity contribution in [3.8, 4) is 44.5 Å². The molecule has 306 valence electrons. The Morgan fingerprint density at radius 2 is 0.815 bits per heavy atom. The standard InChI is InChI=1S/C63H43NO/c1-63(2)58-23-10-9-19-56(58)60-49(20-12-24-59(60)63)41-25-32-45(33-26-41)64(47-36-29-43(30-37-47)57-39-44-14-4-5-15-48(44)52-17-7-8-18-53(52)57)46-34-27-42(28-35-46)51-21-11-22-54-55-38-31-40-13-3-6-16-50(40)62(55)65-61(51)54/h3-39H,1-2H3. The van der Waals surface area contributed by atoms with Crippen molar-refractivity contribution < 1.29 is 4.42 Å². The van der Waals surface area contributed by atoms with Crippen LogP contribution < -0.4 is 4.90 Å². The zero-order chi connectivity index (χ0) is 43.2. The summed E-state index contributed by atoms with van der Waals surface area (Å²) in [7, 11) is 0. The molecule has 1 aromatic heterocycles. The third-order valence-corrected chi connectivity index (χ3v) is 14.1. The fourth-order valence-electron chi connectivity index (χ4n) is 10.9. The van der Waals surface area contributed by atoms with Crippen molar-refractivity contribution in [2.24, 2.45) is 0 Å². The molecule has 12 aromatic rings. The molecule has 0 saturated heterocycles. The van der Waals surface area contributed by atoms with Crippen molar-refractivity contribution in [2.75, 3.05) is 4.90 Å². The third kappa shape index (κ3) is 5.81. The molecule has 0 amide bonds. The molecule has 1 aliphatic carbocycles. The minimum Gasteiger partial charge on any atom is -0.455 e. The Kier molecular flexibility index (Phi) is 8.29. The van der Waals surface area contributed by atoms with E-state index in [4.69, 9.17) is 4.42 Å². The summed E-state index contributed by atoms with van der Waals surface area (Å²) in [4.78, 5) is 2.37. The predicted molar refractivity (Wildman–Crippen MR) is 275 cm³/mol. The molecule has 0 unspecified atom stereocenters. The Bertz CT molecular complexity index is 3840. The van der Waals surface area contributed by atoms with E-state index >= 15 is 0 Å². The van der Waals surface area contributed by atoms with Crippen molar-refractivity contribution in [2.45, 2.75) is 19.3 Å². The third-order valence-electron chi connectivity index (χ3n) is 14.1. The lowest BCUT2D eigenvalue weighted by molar-refractivity contribution is 0.660. The van der Waals surface area contributed by atoms with Gasteiger partial charge in [-0.15, -0.1) is 0 Å². The number of hydrogen-bond acceptors (Lipinski definition) is 2. The highest BCUT2D eigenvalue weighted by Gasteiger charge is 2.36. The fourth-order valence-corrected chi connectivity index (χ4v) is 10.9. The van der Waals surface area contributed by atoms with Gasteiger partial charge in [0.25, 0.3) is 0 Å². The van der Waals surface area contributed by atoms with Crippen LogP contribution >= 0.6 is 0 Å². The Labute approximate surface area is 378 Å². The maximum atomic E-state index is 6.76. The highest BCUT2D eigenvalue weighted by Crippen LogP contribution is 2.52. The highest BCUT2D eigenvalue weighted by molar-refractivity contribution is 6.17. The quantitative estimate of drug-likeness (QED) is 0.155. The molecule has 0 atom stereocenters. The summed E-state index contributed by atoms with van der Waals surface area (Å²) in [6, 6.07) is 82.0. The second-order valence-corrected chi connectivity index (χ2v) is 18.0. The van der Waals surface area contributed by atoms with E-state index in [1.807, 2.05) is 0 Å². The van der Waals surface area contributed by atoms with Crippen LogP contribution in [0.1, 0.15) is 25.0 Å². The van der Waals surface area contributed by atoms with E-state index < -0.39 is 0 Å². The monoisotopic (exact) mass is 829 g/mol. The van der Waals surface area contributed by atoms with Gasteiger partial charge in [-0.1, -0.05) is 190 Å². The van der Waals surface area contributed by atoms with Crippen molar-refractivity contribution >= 4 is 71.3 Å². The first-order valence-corrected chi connectivity index (χ1v) is 22.6. The first-order valence-electron chi connectivity index (χ1n) is 22.6. The molecule has 1 aliphatic rings. The van der Waals surface area contributed by atoms with E-state index in [0.29, 0.717) is 0 Å². The number of furan rings is 1. The fraction of sp³-hybridized carbons (Fsp3) is 0.0476. The second-order valence-electron chi connectivity index (χ2n) is 18.0. The van der Waals surface area contributed by atoms with Crippen LogP contribution in [0.3, 0.4) is 0 Å². The first-order chi connectivity index (χ1) is 32.0. The van der Waals surface area contributed by atoms with E-state index in [-0.39, 0.29) is 5.41 Å². The summed E-state index contributed by atoms with van der Waals surface area (Å²) < 4.78 is 6.76. The molecule has 0 aliphatic heterocycles. The van der Waals surface area contributed by atoms with Gasteiger partial charge in [0.05, 0.1) is 0 Å². The van der Waals surface area contributed by atoms with Crippen LogP contribution in [0.15, 0.2) is 229 Å². The minimum atomic E-state index is -0.0551. The van der Waals surface area contributed by atoms with Crippen molar-refractivity contribution in [1.82, 2.24) is 0 Å². The lowest BCUT2D eigenvalue weighted by atomic mass is 9.82. The number of nitrogens with zero attached hydrogens (tertiary/aromatic N) is 1. The topological polar surface area (TPSA) is 16.4 Å². The SMILES string of the molecule is CC1(C)c2ccccc2-c2c(-c3ccc(N(c4ccc(-c5cc6ccccc6c6ccccc56)cc4)c4ccc(-c5cccc6c5oc5c7ccccc7ccc65)cc4)cc3)cccc21. The number of fused-ring (bicyclic) bond motifs is 11. The zero-order valence-electron chi connectivity index (χ0n) is 36.2. The Morgan fingerprint density at radius 1 is 0.323 bits per heavy atom. The van der Waals surface area contributed by atoms with E-state index in [9.17, 15) is 0 Å². The molecule has 0 fully saturated rings. The molecule has 0 N–H and O–H groups in total. The van der Waals surface area contributed by atoms with E-state index in [1.54, 1.807) is 0 Å². The maximum Gasteiger partial charge on any atom is 0.143 e.